The molecule has 8 aliphatic heterocycles. The van der Waals surface area contributed by atoms with E-state index in [2.05, 4.69) is 181 Å². The van der Waals surface area contributed by atoms with Crippen molar-refractivity contribution in [3.8, 4) is 0 Å². The second-order valence-corrected chi connectivity index (χ2v) is 51.1. The Hall–Kier alpha value is -2.31. The van der Waals surface area contributed by atoms with Crippen molar-refractivity contribution in [1.82, 2.24) is 69.6 Å². The van der Waals surface area contributed by atoms with Gasteiger partial charge >= 0.3 is 15.5 Å². The Labute approximate surface area is 779 Å². The Morgan fingerprint density at radius 2 is 0.837 bits per heavy atom. The van der Waals surface area contributed by atoms with Crippen LogP contribution in [-0.4, -0.2) is 387 Å². The number of hydrogen-bond donors (Lipinski definition) is 8. The van der Waals surface area contributed by atoms with Gasteiger partial charge in [-0.3, -0.25) is 9.59 Å². The van der Waals surface area contributed by atoms with E-state index in [4.69, 9.17) is 42.6 Å². The molecule has 0 spiro atoms. The van der Waals surface area contributed by atoms with Crippen molar-refractivity contribution >= 4 is 51.9 Å². The van der Waals surface area contributed by atoms with Gasteiger partial charge in [0.1, 0.15) is 6.61 Å². The summed E-state index contributed by atoms with van der Waals surface area (Å²) in [7, 11) is -13.0. The van der Waals surface area contributed by atoms with E-state index in [1.54, 1.807) is 11.4 Å². The van der Waals surface area contributed by atoms with E-state index in [0.717, 1.165) is 123 Å². The lowest BCUT2D eigenvalue weighted by molar-refractivity contribution is -0.143. The van der Waals surface area contributed by atoms with Crippen LogP contribution in [0.25, 0.3) is 0 Å². The first-order chi connectivity index (χ1) is 59.3. The lowest BCUT2D eigenvalue weighted by atomic mass is 10.0. The summed E-state index contributed by atoms with van der Waals surface area (Å²) in [6.07, 6.45) is 15.0. The second-order valence-electron chi connectivity index (χ2n) is 43.0. The molecule has 129 heavy (non-hydrogen) atoms. The molecule has 10 aliphatic rings. The number of carbonyl (C=O) groups is 2. The Balaban J connectivity index is 0.000000382. The van der Waals surface area contributed by atoms with Crippen LogP contribution in [-0.2, 0) is 92.3 Å². The number of hydrogen-bond acceptors (Lipinski definition) is 27. The number of rotatable bonds is 28. The molecule has 0 aromatic rings. The molecule has 2 amide bonds. The summed E-state index contributed by atoms with van der Waals surface area (Å²) >= 11 is 0. The lowest BCUT2D eigenvalue weighted by Crippen LogP contribution is -2.54. The minimum Gasteiger partial charge on any atom is -0.381 e. The largest absolute Gasteiger partial charge is 0.511 e. The molecule has 33 nitrogen and oxygen atoms in total. The number of morpholine rings is 6. The first kappa shape index (κ1) is 121. The fourth-order valence-corrected chi connectivity index (χ4v) is 19.0. The standard InChI is InChI=1S/C14H28N2O3.C13H24N2O2.C12H24N2O3S.C12H26N2O3S.C10H19F3N2O3S.C10H22N2O3S.2C9H19NO/c1-14(2,3)15-7-5-6-12-10-16(8-9-19-12)13(17)11-18-4;1-13(2,3)14-8-11-9-15(6-7-17-11)12(16)10-4-5-10;1-12(2,3)13-8-10-9-14(6-7-17-10)18(15,16)11-4-5-11;1-12(2,3)13-7-5-6-11-10-14(8-9-17-11)18(4,15)16;1-9(2,3)14-6-8-7-15(4-5-18-8)19(16,17)10(11,12)13;1-10(2,3)11-7-9-8-15-6-5-12(9)16(4,13)14;1-9(2,3)10-8-5-4-6-11-7-8;1-8(2)10-6-9-4-3-5-11-7-9/h12,15H,5-11H2,1-4H3;10-11,14H,4-9H2,1-3H3;10-11,13H,4-9H2,1-3H3;11,13H,5-10H2,1-4H3;8,14H,4-7H2,1-3H3;9,11H,5-8H2,1-4H3;8,10H,4-7H2,1-3H3;8-10H,3-7H2,1-2H3. The molecule has 10 fully saturated rings. The zero-order chi connectivity index (χ0) is 97.7. The van der Waals surface area contributed by atoms with Crippen LogP contribution in [0.15, 0.2) is 0 Å². The highest BCUT2D eigenvalue weighted by atomic mass is 32.2. The van der Waals surface area contributed by atoms with Crippen LogP contribution in [0.4, 0.5) is 13.2 Å². The van der Waals surface area contributed by atoms with Gasteiger partial charge in [-0.05, 0) is 241 Å². The van der Waals surface area contributed by atoms with E-state index in [0.29, 0.717) is 133 Å². The van der Waals surface area contributed by atoms with Crippen LogP contribution in [0.1, 0.15) is 236 Å². The molecule has 10 rings (SSSR count). The quantitative estimate of drug-likeness (QED) is 0.0355. The number of halogens is 3. The van der Waals surface area contributed by atoms with Gasteiger partial charge in [0.25, 0.3) is 0 Å². The third-order valence-electron chi connectivity index (χ3n) is 21.5. The lowest BCUT2D eigenvalue weighted by Gasteiger charge is -2.35. The molecule has 8 saturated heterocycles. The third kappa shape index (κ3) is 56.4. The average molecular weight is 1940 g/mol. The highest BCUT2D eigenvalue weighted by molar-refractivity contribution is 7.90. The normalized spacial score (nSPS) is 24.6. The van der Waals surface area contributed by atoms with Gasteiger partial charge in [0.2, 0.25) is 41.9 Å². The van der Waals surface area contributed by atoms with Crippen molar-refractivity contribution < 1.29 is 99.1 Å². The summed E-state index contributed by atoms with van der Waals surface area (Å²) in [5.74, 6) is 1.48. The van der Waals surface area contributed by atoms with Gasteiger partial charge in [-0.25, -0.2) is 33.7 Å². The van der Waals surface area contributed by atoms with E-state index in [-0.39, 0.29) is 107 Å². The Bertz CT molecular complexity index is 3580. The van der Waals surface area contributed by atoms with Gasteiger partial charge in [-0.15, -0.1) is 0 Å². The van der Waals surface area contributed by atoms with E-state index < -0.39 is 51.7 Å². The van der Waals surface area contributed by atoms with Crippen molar-refractivity contribution in [1.29, 1.82) is 0 Å². The minimum atomic E-state index is -5.26. The molecule has 0 radical (unpaired) electrons. The molecule has 8 unspecified atom stereocenters. The SMILES string of the molecule is CC(C)(C)NC1CCCOC1.CC(C)(C)NCC1CN(C(=O)C2CC2)CCO1.CC(C)(C)NCC1CN(S(=O)(=O)C(F)(F)F)CCO1.CC(C)(C)NCC1CN(S(=O)(=O)C2CC2)CCO1.CC(C)(C)NCC1COCCN1S(C)(=O)=O.CC(C)(C)NCCCC1CN(S(C)(=O)=O)CCO1.CC(C)NCC1CCCOC1.COCC(=O)N1CCOC(CCCNC(C)(C)C)C1. The van der Waals surface area contributed by atoms with Gasteiger partial charge in [0, 0.05) is 182 Å². The highest BCUT2D eigenvalue weighted by Crippen LogP contribution is 2.34. The summed E-state index contributed by atoms with van der Waals surface area (Å²) in [6.45, 7) is 65.8. The van der Waals surface area contributed by atoms with Crippen LogP contribution in [0, 0.1) is 11.8 Å². The van der Waals surface area contributed by atoms with E-state index in [1.807, 2.05) is 30.6 Å². The first-order valence-corrected chi connectivity index (χ1v) is 53.8. The molecule has 40 heteroatoms. The molecule has 8 N–H and O–H groups in total. The highest BCUT2D eigenvalue weighted by Gasteiger charge is 2.51. The molecule has 0 bridgehead atoms. The van der Waals surface area contributed by atoms with Crippen LogP contribution in [0.2, 0.25) is 0 Å². The van der Waals surface area contributed by atoms with Gasteiger partial charge in [0.05, 0.1) is 114 Å². The number of alkyl halides is 3. The molecule has 0 aromatic carbocycles. The Morgan fingerprint density at radius 1 is 0.426 bits per heavy atom. The molecule has 0 aromatic heterocycles. The Morgan fingerprint density at radius 3 is 1.26 bits per heavy atom. The van der Waals surface area contributed by atoms with Crippen LogP contribution >= 0.6 is 0 Å². The van der Waals surface area contributed by atoms with Gasteiger partial charge in [0.15, 0.2) is 0 Å². The van der Waals surface area contributed by atoms with Crippen molar-refractivity contribution in [3.63, 3.8) is 0 Å². The Kier molecular flexibility index (Phi) is 53.1. The topological polar surface area (TPSA) is 369 Å². The van der Waals surface area contributed by atoms with E-state index in [1.165, 1.54) is 46.8 Å². The van der Waals surface area contributed by atoms with Crippen molar-refractivity contribution in [2.75, 3.05) is 217 Å². The van der Waals surface area contributed by atoms with Crippen molar-refractivity contribution in [3.05, 3.63) is 0 Å². The zero-order valence-electron chi connectivity index (χ0n) is 84.3. The zero-order valence-corrected chi connectivity index (χ0v) is 87.5. The number of carbonyl (C=O) groups excluding carboxylic acids is 2. The average Bonchev–Trinajstić information content (AvgIpc) is 1.17. The maximum absolute atomic E-state index is 12.4. The van der Waals surface area contributed by atoms with Gasteiger partial charge in [-0.2, -0.15) is 30.4 Å². The molecular formula is C89H181F3N14O19S4. The summed E-state index contributed by atoms with van der Waals surface area (Å²) in [4.78, 5) is 27.5. The predicted molar refractivity (Wildman–Crippen MR) is 508 cm³/mol. The number of sulfonamides is 4. The predicted octanol–water partition coefficient (Wildman–Crippen LogP) is 7.35. The third-order valence-corrected chi connectivity index (χ3v) is 28.0. The van der Waals surface area contributed by atoms with Crippen molar-refractivity contribution in [2.24, 2.45) is 11.8 Å². The molecule has 8 atom stereocenters. The fraction of sp³-hybridized carbons (Fsp3) is 0.978. The molecule has 2 aliphatic carbocycles. The van der Waals surface area contributed by atoms with Crippen molar-refractivity contribution in [2.45, 2.75) is 334 Å². The number of amides is 2. The summed E-state index contributed by atoms with van der Waals surface area (Å²) in [5, 5.41) is 26.9. The van der Waals surface area contributed by atoms with Crippen LogP contribution < -0.4 is 42.5 Å². The fourth-order valence-electron chi connectivity index (χ4n) is 14.3. The van der Waals surface area contributed by atoms with Crippen LogP contribution in [0.5, 0.6) is 0 Å². The number of ether oxygens (including phenoxy) is 9. The second kappa shape index (κ2) is 56.7. The smallest absolute Gasteiger partial charge is 0.381 e. The van der Waals surface area contributed by atoms with Gasteiger partial charge < -0.3 is 95.0 Å². The van der Waals surface area contributed by atoms with Crippen LogP contribution in [0.3, 0.4) is 0 Å². The van der Waals surface area contributed by atoms with E-state index in [9.17, 15) is 56.4 Å². The number of methoxy groups -OCH3 is 1. The summed E-state index contributed by atoms with van der Waals surface area (Å²) in [6, 6.07) is 1.09. The van der Waals surface area contributed by atoms with E-state index >= 15 is 0 Å². The molecule has 766 valence electrons. The summed E-state index contributed by atoms with van der Waals surface area (Å²) in [5.41, 5.74) is -4.83. The monoisotopic (exact) mass is 1940 g/mol. The minimum absolute atomic E-state index is 0.0133. The maximum Gasteiger partial charge on any atom is 0.511 e. The number of nitrogens with zero attached hydrogens (tertiary/aromatic N) is 6. The summed E-state index contributed by atoms with van der Waals surface area (Å²) < 4.78 is 184. The molecule has 8 heterocycles. The molecular weight excluding hydrogens is 1750 g/mol. The first-order valence-electron chi connectivity index (χ1n) is 47.2. The van der Waals surface area contributed by atoms with Gasteiger partial charge in [-0.1, -0.05) is 13.8 Å². The maximum atomic E-state index is 12.4. The number of nitrogens with one attached hydrogen (secondary N) is 8. The molecule has 2 saturated carbocycles.